The highest BCUT2D eigenvalue weighted by Gasteiger charge is 2.50. The normalized spacial score (nSPS) is 23.9. The number of ether oxygens (including phenoxy) is 3. The summed E-state index contributed by atoms with van der Waals surface area (Å²) in [4.78, 5) is 58.6. The number of aromatic hydroxyl groups is 2. The SMILES string of the molecule is CCCCC/C=C\C/C=C\CCCCCCCC(=O)ONC1CC(O[C@H]2C[C@](O)(C(=O)CO)Cc3c(O)c4c(c(O)c32)C(=O)c2c(OC)cccc2C4=O)OC(C)C1O. The van der Waals surface area contributed by atoms with Crippen molar-refractivity contribution in [3.8, 4) is 17.2 Å². The maximum atomic E-state index is 13.9. The summed E-state index contributed by atoms with van der Waals surface area (Å²) in [5, 5.41) is 55.6. The van der Waals surface area contributed by atoms with Gasteiger partial charge in [-0.25, -0.2) is 0 Å². The Hall–Kier alpha value is -4.44. The average molecular weight is 822 g/mol. The number of unbranched alkanes of at least 4 members (excludes halogenated alkanes) is 8. The van der Waals surface area contributed by atoms with E-state index in [0.717, 1.165) is 44.9 Å². The average Bonchev–Trinajstić information content (AvgIpc) is 3.22. The van der Waals surface area contributed by atoms with Gasteiger partial charge in [0.05, 0.1) is 48.2 Å². The first-order valence-corrected chi connectivity index (χ1v) is 20.8. The van der Waals surface area contributed by atoms with Gasteiger partial charge in [-0.05, 0) is 51.5 Å². The van der Waals surface area contributed by atoms with Gasteiger partial charge >= 0.3 is 5.97 Å². The number of fused-ring (bicyclic) bond motifs is 3. The van der Waals surface area contributed by atoms with E-state index < -0.39 is 102 Å². The van der Waals surface area contributed by atoms with E-state index in [4.69, 9.17) is 19.0 Å². The molecule has 59 heavy (non-hydrogen) atoms. The van der Waals surface area contributed by atoms with Crippen LogP contribution in [0, 0.1) is 0 Å². The summed E-state index contributed by atoms with van der Waals surface area (Å²) < 4.78 is 17.5. The molecule has 1 heterocycles. The lowest BCUT2D eigenvalue weighted by Crippen LogP contribution is -2.55. The van der Waals surface area contributed by atoms with Gasteiger partial charge < -0.3 is 44.6 Å². The molecule has 0 amide bonds. The summed E-state index contributed by atoms with van der Waals surface area (Å²) in [7, 11) is 1.32. The van der Waals surface area contributed by atoms with Crippen molar-refractivity contribution in [3.63, 3.8) is 0 Å². The molecule has 1 aliphatic heterocycles. The Morgan fingerprint density at radius 1 is 0.932 bits per heavy atom. The van der Waals surface area contributed by atoms with Crippen molar-refractivity contribution < 1.29 is 63.8 Å². The van der Waals surface area contributed by atoms with E-state index in [1.54, 1.807) is 6.92 Å². The molecule has 0 aromatic heterocycles. The number of rotatable bonds is 21. The third-order valence-corrected chi connectivity index (χ3v) is 11.4. The number of benzene rings is 2. The Morgan fingerprint density at radius 2 is 1.61 bits per heavy atom. The molecule has 1 fully saturated rings. The number of allylic oxidation sites excluding steroid dienone is 4. The lowest BCUT2D eigenvalue weighted by molar-refractivity contribution is -0.256. The monoisotopic (exact) mass is 821 g/mol. The zero-order chi connectivity index (χ0) is 42.7. The van der Waals surface area contributed by atoms with Crippen molar-refractivity contribution in [2.45, 2.75) is 146 Å². The van der Waals surface area contributed by atoms with E-state index >= 15 is 0 Å². The van der Waals surface area contributed by atoms with Crippen LogP contribution in [0.15, 0.2) is 42.5 Å². The highest BCUT2D eigenvalue weighted by Crippen LogP contribution is 2.52. The number of phenolic OH excluding ortho intramolecular Hbond substituents is 2. The van der Waals surface area contributed by atoms with E-state index in [1.807, 2.05) is 0 Å². The van der Waals surface area contributed by atoms with Gasteiger partial charge in [0, 0.05) is 42.4 Å². The number of carbonyl (C=O) groups is 4. The number of hydrogen-bond donors (Lipinski definition) is 6. The van der Waals surface area contributed by atoms with Gasteiger partial charge in [-0.3, -0.25) is 19.2 Å². The maximum Gasteiger partial charge on any atom is 0.324 e. The third-order valence-electron chi connectivity index (χ3n) is 11.4. The molecule has 2 aliphatic carbocycles. The van der Waals surface area contributed by atoms with Gasteiger partial charge in [-0.15, -0.1) is 5.48 Å². The molecule has 0 bridgehead atoms. The van der Waals surface area contributed by atoms with Crippen LogP contribution < -0.4 is 10.2 Å². The lowest BCUT2D eigenvalue weighted by atomic mass is 9.72. The van der Waals surface area contributed by atoms with Crippen LogP contribution in [0.5, 0.6) is 17.2 Å². The number of Topliss-reactive ketones (excluding diaryl/α,β-unsaturated/α-hetero) is 1. The summed E-state index contributed by atoms with van der Waals surface area (Å²) in [5.41, 5.74) is -1.27. The lowest BCUT2D eigenvalue weighted by Gasteiger charge is -2.42. The number of hydrogen-bond acceptors (Lipinski definition) is 14. The zero-order valence-corrected chi connectivity index (χ0v) is 34.2. The smallest absolute Gasteiger partial charge is 0.324 e. The molecule has 322 valence electrons. The van der Waals surface area contributed by atoms with Crippen LogP contribution >= 0.6 is 0 Å². The molecule has 0 radical (unpaired) electrons. The summed E-state index contributed by atoms with van der Waals surface area (Å²) >= 11 is 0. The van der Waals surface area contributed by atoms with E-state index in [-0.39, 0.29) is 40.8 Å². The molecular formula is C45H59NO13. The van der Waals surface area contributed by atoms with Crippen LogP contribution in [0.1, 0.15) is 153 Å². The van der Waals surface area contributed by atoms with E-state index in [9.17, 15) is 44.7 Å². The highest BCUT2D eigenvalue weighted by atomic mass is 16.7. The molecule has 14 heteroatoms. The summed E-state index contributed by atoms with van der Waals surface area (Å²) in [6.07, 6.45) is 14.7. The first kappa shape index (κ1) is 45.6. The van der Waals surface area contributed by atoms with Crippen molar-refractivity contribution in [1.29, 1.82) is 0 Å². The summed E-state index contributed by atoms with van der Waals surface area (Å²) in [6.45, 7) is 2.71. The minimum atomic E-state index is -2.32. The minimum absolute atomic E-state index is 0.0739. The van der Waals surface area contributed by atoms with Crippen LogP contribution in [0.2, 0.25) is 0 Å². The second-order valence-corrected chi connectivity index (χ2v) is 15.7. The topological polar surface area (TPSA) is 218 Å². The van der Waals surface area contributed by atoms with Crippen molar-refractivity contribution in [2.24, 2.45) is 0 Å². The number of aliphatic hydroxyl groups is 3. The molecule has 4 unspecified atom stereocenters. The fourth-order valence-electron chi connectivity index (χ4n) is 8.11. The first-order chi connectivity index (χ1) is 28.4. The van der Waals surface area contributed by atoms with Crippen LogP contribution in [-0.4, -0.2) is 92.7 Å². The number of hydroxylamine groups is 1. The Morgan fingerprint density at radius 3 is 2.31 bits per heavy atom. The van der Waals surface area contributed by atoms with E-state index in [0.29, 0.717) is 6.42 Å². The molecule has 3 aliphatic rings. The Labute approximate surface area is 345 Å². The maximum absolute atomic E-state index is 13.9. The predicted octanol–water partition coefficient (Wildman–Crippen LogP) is 5.90. The van der Waals surface area contributed by atoms with Gasteiger partial charge in [0.2, 0.25) is 5.78 Å². The Bertz CT molecular complexity index is 1890. The largest absolute Gasteiger partial charge is 0.507 e. The molecule has 0 saturated carbocycles. The van der Waals surface area contributed by atoms with Gasteiger partial charge in [0.15, 0.2) is 17.9 Å². The zero-order valence-electron chi connectivity index (χ0n) is 34.2. The molecule has 6 atom stereocenters. The molecule has 2 aromatic rings. The van der Waals surface area contributed by atoms with Crippen LogP contribution in [0.3, 0.4) is 0 Å². The fourth-order valence-corrected chi connectivity index (χ4v) is 8.11. The summed E-state index contributed by atoms with van der Waals surface area (Å²) in [5.74, 6) is -4.46. The van der Waals surface area contributed by atoms with Crippen molar-refractivity contribution >= 4 is 23.3 Å². The molecule has 6 N–H and O–H groups in total. The third kappa shape index (κ3) is 10.7. The predicted molar refractivity (Wildman–Crippen MR) is 216 cm³/mol. The molecule has 5 rings (SSSR count). The van der Waals surface area contributed by atoms with Gasteiger partial charge in [0.1, 0.15) is 29.5 Å². The first-order valence-electron chi connectivity index (χ1n) is 20.8. The van der Waals surface area contributed by atoms with Gasteiger partial charge in [-0.2, -0.15) is 0 Å². The Balaban J connectivity index is 1.20. The molecule has 0 spiro atoms. The van der Waals surface area contributed by atoms with E-state index in [1.165, 1.54) is 44.6 Å². The number of aliphatic hydroxyl groups excluding tert-OH is 2. The molecule has 1 saturated heterocycles. The second kappa shape index (κ2) is 21.2. The van der Waals surface area contributed by atoms with E-state index in [2.05, 4.69) is 36.7 Å². The van der Waals surface area contributed by atoms with Crippen molar-refractivity contribution in [1.82, 2.24) is 5.48 Å². The number of methoxy groups -OCH3 is 1. The number of nitrogens with one attached hydrogen (secondary N) is 1. The van der Waals surface area contributed by atoms with Crippen LogP contribution in [-0.2, 0) is 30.3 Å². The highest BCUT2D eigenvalue weighted by molar-refractivity contribution is 6.31. The fraction of sp³-hybridized carbons (Fsp3) is 0.556. The summed E-state index contributed by atoms with van der Waals surface area (Å²) in [6, 6.07) is 3.47. The van der Waals surface area contributed by atoms with Crippen LogP contribution in [0.4, 0.5) is 0 Å². The standard InChI is InChI=1S/C45H59NO13/c1-4-5-6-7-8-9-10-11-12-13-14-15-16-17-18-22-34(49)59-46-30-23-35(57-27(2)40(30)50)58-32-25-45(55,33(48)26-47)24-29-37(32)44(54)39-38(42(29)52)41(51)28-20-19-21-31(56-3)36(28)43(39)53/h8-9,11-12,19-21,27,30,32,35,40,46-47,50,52,54-55H,4-7,10,13-18,22-26H2,1-3H3/b9-8-,12-11-/t27?,30?,32-,35?,40?,45-/m0/s1. The number of carbonyl (C=O) groups excluding carboxylic acids is 4. The van der Waals surface area contributed by atoms with Gasteiger partial charge in [-0.1, -0.05) is 75.5 Å². The molecular weight excluding hydrogens is 762 g/mol. The second-order valence-electron chi connectivity index (χ2n) is 15.7. The molecule has 14 nitrogen and oxygen atoms in total. The number of ketones is 3. The van der Waals surface area contributed by atoms with Crippen molar-refractivity contribution in [3.05, 3.63) is 75.9 Å². The quantitative estimate of drug-likeness (QED) is 0.0319. The number of phenols is 2. The van der Waals surface area contributed by atoms with Gasteiger partial charge in [0.25, 0.3) is 0 Å². The van der Waals surface area contributed by atoms with Crippen molar-refractivity contribution in [2.75, 3.05) is 13.7 Å². The van der Waals surface area contributed by atoms with Crippen LogP contribution in [0.25, 0.3) is 0 Å². The minimum Gasteiger partial charge on any atom is -0.507 e. The Kier molecular flexibility index (Phi) is 16.4. The molecule has 2 aromatic carbocycles.